The quantitative estimate of drug-likeness (QED) is 0.849. The van der Waals surface area contributed by atoms with Crippen LogP contribution in [0.1, 0.15) is 38.1 Å². The second kappa shape index (κ2) is 5.31. The summed E-state index contributed by atoms with van der Waals surface area (Å²) in [6.07, 6.45) is -0.0158. The van der Waals surface area contributed by atoms with Gasteiger partial charge in [-0.05, 0) is 32.2 Å². The normalized spacial score (nSPS) is 13.1. The number of hydrogen-bond donors (Lipinski definition) is 2. The topological polar surface area (TPSA) is 66.4 Å². The molecule has 0 aliphatic heterocycles. The molecule has 0 fully saturated rings. The minimum absolute atomic E-state index is 0.0158. The Balaban J connectivity index is 2.53. The van der Waals surface area contributed by atoms with E-state index >= 15 is 0 Å². The molecular formula is C12H17NO3S. The molecule has 0 saturated carbocycles. The molecule has 0 bridgehead atoms. The molecule has 94 valence electrons. The summed E-state index contributed by atoms with van der Waals surface area (Å²) < 4.78 is 0. The van der Waals surface area contributed by atoms with Gasteiger partial charge in [0.1, 0.15) is 0 Å². The zero-order chi connectivity index (χ0) is 13.1. The molecule has 2 N–H and O–H groups in total. The van der Waals surface area contributed by atoms with Crippen molar-refractivity contribution in [1.29, 1.82) is 0 Å². The molecule has 1 atom stereocenters. The smallest absolute Gasteiger partial charge is 0.309 e. The van der Waals surface area contributed by atoms with Gasteiger partial charge in [0, 0.05) is 11.3 Å². The van der Waals surface area contributed by atoms with E-state index in [-0.39, 0.29) is 18.4 Å². The maximum atomic E-state index is 11.7. The van der Waals surface area contributed by atoms with Crippen LogP contribution in [0, 0.1) is 5.41 Å². The van der Waals surface area contributed by atoms with Crippen molar-refractivity contribution in [2.45, 2.75) is 33.2 Å². The van der Waals surface area contributed by atoms with Crippen molar-refractivity contribution >= 4 is 23.2 Å². The Kier molecular flexibility index (Phi) is 4.28. The zero-order valence-corrected chi connectivity index (χ0v) is 11.0. The number of carbonyl (C=O) groups is 2. The van der Waals surface area contributed by atoms with Crippen LogP contribution in [0.15, 0.2) is 17.5 Å². The number of aliphatic carboxylic acids is 1. The van der Waals surface area contributed by atoms with Crippen LogP contribution in [0.25, 0.3) is 0 Å². The molecule has 0 radical (unpaired) electrons. The number of carboxylic acid groups (broad SMARTS) is 1. The molecule has 1 heterocycles. The molecule has 0 aromatic carbocycles. The molecule has 0 spiro atoms. The standard InChI is InChI=1S/C12H17NO3S/c1-8(9-5-4-6-17-9)13-10(14)7-12(2,3)11(15)16/h4-6,8H,7H2,1-3H3,(H,13,14)(H,15,16). The molecule has 0 saturated heterocycles. The van der Waals surface area contributed by atoms with Crippen LogP contribution in [0.2, 0.25) is 0 Å². The monoisotopic (exact) mass is 255 g/mol. The largest absolute Gasteiger partial charge is 0.481 e. The maximum Gasteiger partial charge on any atom is 0.309 e. The van der Waals surface area contributed by atoms with Crippen LogP contribution in [-0.4, -0.2) is 17.0 Å². The first-order valence-corrected chi connectivity index (χ1v) is 6.27. The van der Waals surface area contributed by atoms with Crippen molar-refractivity contribution in [2.24, 2.45) is 5.41 Å². The fourth-order valence-corrected chi connectivity index (χ4v) is 2.11. The zero-order valence-electron chi connectivity index (χ0n) is 10.2. The third-order valence-electron chi connectivity index (χ3n) is 2.53. The highest BCUT2D eigenvalue weighted by Crippen LogP contribution is 2.22. The Labute approximate surface area is 105 Å². The van der Waals surface area contributed by atoms with Gasteiger partial charge in [-0.2, -0.15) is 0 Å². The minimum Gasteiger partial charge on any atom is -0.481 e. The van der Waals surface area contributed by atoms with Crippen LogP contribution in [0.4, 0.5) is 0 Å². The van der Waals surface area contributed by atoms with E-state index in [1.807, 2.05) is 24.4 Å². The lowest BCUT2D eigenvalue weighted by atomic mass is 9.89. The minimum atomic E-state index is -1.03. The predicted molar refractivity (Wildman–Crippen MR) is 66.9 cm³/mol. The molecule has 17 heavy (non-hydrogen) atoms. The average Bonchev–Trinajstić information content (AvgIpc) is 2.68. The van der Waals surface area contributed by atoms with Gasteiger partial charge < -0.3 is 10.4 Å². The lowest BCUT2D eigenvalue weighted by Gasteiger charge is -2.20. The summed E-state index contributed by atoms with van der Waals surface area (Å²) in [5.74, 6) is -1.20. The summed E-state index contributed by atoms with van der Waals surface area (Å²) in [7, 11) is 0. The first kappa shape index (κ1) is 13.7. The van der Waals surface area contributed by atoms with E-state index in [0.29, 0.717) is 0 Å². The van der Waals surface area contributed by atoms with Crippen LogP contribution < -0.4 is 5.32 Å². The van der Waals surface area contributed by atoms with Crippen molar-refractivity contribution in [3.05, 3.63) is 22.4 Å². The average molecular weight is 255 g/mol. The lowest BCUT2D eigenvalue weighted by molar-refractivity contribution is -0.149. The van der Waals surface area contributed by atoms with Crippen LogP contribution in [0.3, 0.4) is 0 Å². The highest BCUT2D eigenvalue weighted by Gasteiger charge is 2.30. The van der Waals surface area contributed by atoms with E-state index in [2.05, 4.69) is 5.32 Å². The van der Waals surface area contributed by atoms with Gasteiger partial charge in [0.25, 0.3) is 0 Å². The summed E-state index contributed by atoms with van der Waals surface area (Å²) in [6.45, 7) is 4.98. The molecule has 0 aliphatic rings. The van der Waals surface area contributed by atoms with E-state index in [1.165, 1.54) is 0 Å². The van der Waals surface area contributed by atoms with E-state index in [1.54, 1.807) is 25.2 Å². The van der Waals surface area contributed by atoms with Gasteiger partial charge in [0.15, 0.2) is 0 Å². The number of hydrogen-bond acceptors (Lipinski definition) is 3. The van der Waals surface area contributed by atoms with E-state index in [9.17, 15) is 9.59 Å². The maximum absolute atomic E-state index is 11.7. The number of rotatable bonds is 5. The van der Waals surface area contributed by atoms with E-state index in [0.717, 1.165) is 4.88 Å². The van der Waals surface area contributed by atoms with Gasteiger partial charge in [-0.25, -0.2) is 0 Å². The number of thiophene rings is 1. The van der Waals surface area contributed by atoms with E-state index in [4.69, 9.17) is 5.11 Å². The SMILES string of the molecule is CC(NC(=O)CC(C)(C)C(=O)O)c1cccs1. The molecule has 1 unspecified atom stereocenters. The van der Waals surface area contributed by atoms with E-state index < -0.39 is 11.4 Å². The van der Waals surface area contributed by atoms with Gasteiger partial charge >= 0.3 is 5.97 Å². The van der Waals surface area contributed by atoms with Crippen LogP contribution in [0.5, 0.6) is 0 Å². The van der Waals surface area contributed by atoms with Gasteiger partial charge in [0.2, 0.25) is 5.91 Å². The highest BCUT2D eigenvalue weighted by molar-refractivity contribution is 7.10. The summed E-state index contributed by atoms with van der Waals surface area (Å²) in [5.41, 5.74) is -1.03. The molecule has 1 amide bonds. The van der Waals surface area contributed by atoms with Gasteiger partial charge in [-0.15, -0.1) is 11.3 Å². The Hall–Kier alpha value is -1.36. The van der Waals surface area contributed by atoms with Gasteiger partial charge in [0.05, 0.1) is 11.5 Å². The first-order valence-electron chi connectivity index (χ1n) is 5.39. The van der Waals surface area contributed by atoms with Crippen molar-refractivity contribution in [1.82, 2.24) is 5.32 Å². The predicted octanol–water partition coefficient (Wildman–Crippen LogP) is 2.43. The summed E-state index contributed by atoms with van der Waals surface area (Å²) in [4.78, 5) is 23.7. The third-order valence-corrected chi connectivity index (χ3v) is 3.58. The van der Waals surface area contributed by atoms with Crippen molar-refractivity contribution in [3.8, 4) is 0 Å². The number of amides is 1. The molecular weight excluding hydrogens is 238 g/mol. The highest BCUT2D eigenvalue weighted by atomic mass is 32.1. The molecule has 1 aromatic rings. The Morgan fingerprint density at radius 3 is 2.65 bits per heavy atom. The third kappa shape index (κ3) is 3.85. The second-order valence-corrected chi connectivity index (χ2v) is 5.65. The number of carboxylic acids is 1. The summed E-state index contributed by atoms with van der Waals surface area (Å²) >= 11 is 1.57. The van der Waals surface area contributed by atoms with Crippen molar-refractivity contribution in [2.75, 3.05) is 0 Å². The molecule has 1 aromatic heterocycles. The fraction of sp³-hybridized carbons (Fsp3) is 0.500. The Morgan fingerprint density at radius 1 is 1.53 bits per heavy atom. The summed E-state index contributed by atoms with van der Waals surface area (Å²) in [5, 5.41) is 13.7. The van der Waals surface area contributed by atoms with Crippen molar-refractivity contribution < 1.29 is 14.7 Å². The van der Waals surface area contributed by atoms with Crippen LogP contribution >= 0.6 is 11.3 Å². The van der Waals surface area contributed by atoms with Crippen LogP contribution in [-0.2, 0) is 9.59 Å². The number of nitrogens with one attached hydrogen (secondary N) is 1. The number of carbonyl (C=O) groups excluding carboxylic acids is 1. The fourth-order valence-electron chi connectivity index (χ4n) is 1.38. The molecule has 0 aliphatic carbocycles. The van der Waals surface area contributed by atoms with Crippen molar-refractivity contribution in [3.63, 3.8) is 0 Å². The van der Waals surface area contributed by atoms with Gasteiger partial charge in [-0.1, -0.05) is 6.07 Å². The molecule has 5 heteroatoms. The van der Waals surface area contributed by atoms with Gasteiger partial charge in [-0.3, -0.25) is 9.59 Å². The first-order chi connectivity index (χ1) is 7.83. The summed E-state index contributed by atoms with van der Waals surface area (Å²) in [6, 6.07) is 3.79. The Bertz CT molecular complexity index is 398. The Morgan fingerprint density at radius 2 is 2.18 bits per heavy atom. The second-order valence-electron chi connectivity index (χ2n) is 4.67. The lowest BCUT2D eigenvalue weighted by Crippen LogP contribution is -2.34. The molecule has 1 rings (SSSR count). The molecule has 4 nitrogen and oxygen atoms in total.